The van der Waals surface area contributed by atoms with Crippen molar-refractivity contribution in [3.8, 4) is 0 Å². The number of nitrogens with zero attached hydrogens (tertiary/aromatic N) is 1. The Labute approximate surface area is 84.8 Å². The Hall–Kier alpha value is -0.610. The zero-order chi connectivity index (χ0) is 10.6. The van der Waals surface area contributed by atoms with Gasteiger partial charge in [-0.15, -0.1) is 0 Å². The number of ether oxygens (including phenoxy) is 1. The van der Waals surface area contributed by atoms with Gasteiger partial charge >= 0.3 is 5.97 Å². The van der Waals surface area contributed by atoms with Gasteiger partial charge in [-0.25, -0.2) is 0 Å². The maximum absolute atomic E-state index is 10.6. The van der Waals surface area contributed by atoms with Gasteiger partial charge in [-0.1, -0.05) is 6.92 Å². The van der Waals surface area contributed by atoms with Crippen LogP contribution in [0.5, 0.6) is 0 Å². The summed E-state index contributed by atoms with van der Waals surface area (Å²) in [6.07, 6.45) is 1.10. The SMILES string of the molecule is CC(CN(C)CC1CCOC1)C(=O)O. The Morgan fingerprint density at radius 1 is 1.71 bits per heavy atom. The van der Waals surface area contributed by atoms with Crippen LogP contribution < -0.4 is 0 Å². The van der Waals surface area contributed by atoms with E-state index in [1.807, 2.05) is 7.05 Å². The molecule has 0 aromatic rings. The molecule has 4 heteroatoms. The van der Waals surface area contributed by atoms with Gasteiger partial charge in [0, 0.05) is 19.7 Å². The van der Waals surface area contributed by atoms with Crippen LogP contribution in [0.15, 0.2) is 0 Å². The monoisotopic (exact) mass is 201 g/mol. The smallest absolute Gasteiger partial charge is 0.307 e. The van der Waals surface area contributed by atoms with Gasteiger partial charge in [0.1, 0.15) is 0 Å². The van der Waals surface area contributed by atoms with Crippen LogP contribution in [0, 0.1) is 11.8 Å². The van der Waals surface area contributed by atoms with Crippen molar-refractivity contribution in [1.29, 1.82) is 0 Å². The van der Waals surface area contributed by atoms with Gasteiger partial charge in [0.2, 0.25) is 0 Å². The molecular formula is C10H19NO3. The Morgan fingerprint density at radius 3 is 2.93 bits per heavy atom. The molecule has 0 radical (unpaired) electrons. The highest BCUT2D eigenvalue weighted by Crippen LogP contribution is 2.13. The second-order valence-corrected chi connectivity index (χ2v) is 4.19. The summed E-state index contributed by atoms with van der Waals surface area (Å²) < 4.78 is 5.27. The first kappa shape index (κ1) is 11.5. The molecular weight excluding hydrogens is 182 g/mol. The predicted molar refractivity (Wildman–Crippen MR) is 53.2 cm³/mol. The van der Waals surface area contributed by atoms with Crippen molar-refractivity contribution in [2.45, 2.75) is 13.3 Å². The van der Waals surface area contributed by atoms with Crippen LogP contribution in [0.4, 0.5) is 0 Å². The molecule has 2 unspecified atom stereocenters. The Balaban J connectivity index is 2.20. The number of carboxylic acid groups (broad SMARTS) is 1. The molecule has 0 aliphatic carbocycles. The van der Waals surface area contributed by atoms with Gasteiger partial charge in [0.05, 0.1) is 12.5 Å². The van der Waals surface area contributed by atoms with E-state index >= 15 is 0 Å². The van der Waals surface area contributed by atoms with Crippen molar-refractivity contribution in [2.75, 3.05) is 33.4 Å². The summed E-state index contributed by atoms with van der Waals surface area (Å²) in [5.74, 6) is -0.428. The summed E-state index contributed by atoms with van der Waals surface area (Å²) in [5, 5.41) is 8.74. The molecule has 14 heavy (non-hydrogen) atoms. The van der Waals surface area contributed by atoms with Gasteiger partial charge < -0.3 is 14.7 Å². The molecule has 82 valence electrons. The van der Waals surface area contributed by atoms with E-state index in [0.29, 0.717) is 12.5 Å². The third-order valence-electron chi connectivity index (χ3n) is 2.60. The quantitative estimate of drug-likeness (QED) is 0.710. The standard InChI is InChI=1S/C10H19NO3/c1-8(10(12)13)5-11(2)6-9-3-4-14-7-9/h8-9H,3-7H2,1-2H3,(H,12,13). The number of carbonyl (C=O) groups is 1. The fraction of sp³-hybridized carbons (Fsp3) is 0.900. The first-order valence-electron chi connectivity index (χ1n) is 5.08. The Morgan fingerprint density at radius 2 is 2.43 bits per heavy atom. The summed E-state index contributed by atoms with van der Waals surface area (Å²) in [6.45, 7) is 4.98. The van der Waals surface area contributed by atoms with Crippen LogP contribution in [-0.2, 0) is 9.53 Å². The van der Waals surface area contributed by atoms with Crippen molar-refractivity contribution in [3.05, 3.63) is 0 Å². The molecule has 1 rings (SSSR count). The van der Waals surface area contributed by atoms with Crippen molar-refractivity contribution >= 4 is 5.97 Å². The maximum atomic E-state index is 10.6. The molecule has 0 aromatic carbocycles. The van der Waals surface area contributed by atoms with Crippen LogP contribution >= 0.6 is 0 Å². The summed E-state index contributed by atoms with van der Waals surface area (Å²) in [5.41, 5.74) is 0. The Kier molecular flexibility index (Phi) is 4.35. The van der Waals surface area contributed by atoms with Gasteiger partial charge in [0.15, 0.2) is 0 Å². The number of rotatable bonds is 5. The minimum absolute atomic E-state index is 0.290. The van der Waals surface area contributed by atoms with E-state index in [0.717, 1.165) is 26.2 Å². The summed E-state index contributed by atoms with van der Waals surface area (Å²) >= 11 is 0. The van der Waals surface area contributed by atoms with Gasteiger partial charge in [0.25, 0.3) is 0 Å². The first-order chi connectivity index (χ1) is 6.59. The molecule has 1 N–H and O–H groups in total. The van der Waals surface area contributed by atoms with Crippen LogP contribution in [0.25, 0.3) is 0 Å². The highest BCUT2D eigenvalue weighted by molar-refractivity contribution is 5.69. The molecule has 2 atom stereocenters. The number of aliphatic carboxylic acids is 1. The zero-order valence-electron chi connectivity index (χ0n) is 8.90. The second kappa shape index (κ2) is 5.32. The predicted octanol–water partition coefficient (Wildman–Crippen LogP) is 0.675. The third-order valence-corrected chi connectivity index (χ3v) is 2.60. The van der Waals surface area contributed by atoms with Crippen molar-refractivity contribution in [2.24, 2.45) is 11.8 Å². The van der Waals surface area contributed by atoms with Crippen LogP contribution in [0.2, 0.25) is 0 Å². The van der Waals surface area contributed by atoms with E-state index in [2.05, 4.69) is 4.90 Å². The van der Waals surface area contributed by atoms with Gasteiger partial charge in [-0.2, -0.15) is 0 Å². The minimum Gasteiger partial charge on any atom is -0.481 e. The van der Waals surface area contributed by atoms with Crippen molar-refractivity contribution < 1.29 is 14.6 Å². The largest absolute Gasteiger partial charge is 0.481 e. The molecule has 1 fully saturated rings. The molecule has 4 nitrogen and oxygen atoms in total. The van der Waals surface area contributed by atoms with E-state index in [9.17, 15) is 4.79 Å². The van der Waals surface area contributed by atoms with E-state index in [-0.39, 0.29) is 5.92 Å². The minimum atomic E-state index is -0.723. The summed E-state index contributed by atoms with van der Waals surface area (Å²) in [4.78, 5) is 12.7. The second-order valence-electron chi connectivity index (χ2n) is 4.19. The molecule has 0 spiro atoms. The Bertz CT molecular complexity index is 190. The molecule has 1 aliphatic heterocycles. The lowest BCUT2D eigenvalue weighted by molar-refractivity contribution is -0.141. The highest BCUT2D eigenvalue weighted by atomic mass is 16.5. The topological polar surface area (TPSA) is 49.8 Å². The van der Waals surface area contributed by atoms with Crippen LogP contribution in [-0.4, -0.2) is 49.3 Å². The van der Waals surface area contributed by atoms with Crippen LogP contribution in [0.3, 0.4) is 0 Å². The first-order valence-corrected chi connectivity index (χ1v) is 5.08. The zero-order valence-corrected chi connectivity index (χ0v) is 8.90. The van der Waals surface area contributed by atoms with Crippen molar-refractivity contribution in [1.82, 2.24) is 4.90 Å². The summed E-state index contributed by atoms with van der Waals surface area (Å²) in [6, 6.07) is 0. The van der Waals surface area contributed by atoms with E-state index < -0.39 is 5.97 Å². The van der Waals surface area contributed by atoms with E-state index in [4.69, 9.17) is 9.84 Å². The fourth-order valence-electron chi connectivity index (χ4n) is 1.79. The molecule has 1 saturated heterocycles. The maximum Gasteiger partial charge on any atom is 0.307 e. The molecule has 1 aliphatic rings. The molecule has 1 heterocycles. The average Bonchev–Trinajstić information content (AvgIpc) is 2.56. The molecule has 0 bridgehead atoms. The number of carboxylic acids is 1. The lowest BCUT2D eigenvalue weighted by Gasteiger charge is -2.21. The molecule has 0 amide bonds. The number of hydrogen-bond donors (Lipinski definition) is 1. The molecule has 0 aromatic heterocycles. The summed E-state index contributed by atoms with van der Waals surface area (Å²) in [7, 11) is 1.97. The highest BCUT2D eigenvalue weighted by Gasteiger charge is 2.19. The van der Waals surface area contributed by atoms with Gasteiger partial charge in [-0.05, 0) is 19.4 Å². The third kappa shape index (κ3) is 3.64. The van der Waals surface area contributed by atoms with E-state index in [1.54, 1.807) is 6.92 Å². The van der Waals surface area contributed by atoms with Crippen LogP contribution in [0.1, 0.15) is 13.3 Å². The molecule has 0 saturated carbocycles. The van der Waals surface area contributed by atoms with Crippen molar-refractivity contribution in [3.63, 3.8) is 0 Å². The average molecular weight is 201 g/mol. The number of hydrogen-bond acceptors (Lipinski definition) is 3. The fourth-order valence-corrected chi connectivity index (χ4v) is 1.79. The lowest BCUT2D eigenvalue weighted by Crippen LogP contribution is -2.32. The van der Waals surface area contributed by atoms with E-state index in [1.165, 1.54) is 0 Å². The normalized spacial score (nSPS) is 24.1. The lowest BCUT2D eigenvalue weighted by atomic mass is 10.1. The van der Waals surface area contributed by atoms with Gasteiger partial charge in [-0.3, -0.25) is 4.79 Å².